The Kier molecular flexibility index (Phi) is 6.72. The first-order chi connectivity index (χ1) is 16.4. The lowest BCUT2D eigenvalue weighted by Crippen LogP contribution is -2.42. The molecule has 0 saturated carbocycles. The Morgan fingerprint density at radius 2 is 1.88 bits per heavy atom. The molecule has 1 N–H and O–H groups in total. The van der Waals surface area contributed by atoms with Gasteiger partial charge in [-0.1, -0.05) is 18.2 Å². The Morgan fingerprint density at radius 3 is 2.59 bits per heavy atom. The number of amides is 2. The Labute approximate surface area is 196 Å². The molecule has 0 saturated heterocycles. The summed E-state index contributed by atoms with van der Waals surface area (Å²) < 4.78 is 19.9. The summed E-state index contributed by atoms with van der Waals surface area (Å²) in [7, 11) is 0. The molecule has 9 heteroatoms. The van der Waals surface area contributed by atoms with Crippen LogP contribution in [-0.4, -0.2) is 39.6 Å². The maximum absolute atomic E-state index is 13.5. The molecule has 0 fully saturated rings. The standard InChI is InChI=1S/C25H25FN4O4/c1-3-34-25(33)29-13-12-19-21(14-29)28-23(17-8-10-18(26)11-9-17)30(24(19)32)15-22(31)27-20-7-5-4-6-16(20)2/h4-11H,3,12-15H2,1-2H3,(H,27,31). The largest absolute Gasteiger partial charge is 0.450 e. The van der Waals surface area contributed by atoms with Crippen LogP contribution in [0.1, 0.15) is 23.7 Å². The second kappa shape index (κ2) is 9.86. The van der Waals surface area contributed by atoms with Crippen LogP contribution in [0, 0.1) is 12.7 Å². The van der Waals surface area contributed by atoms with E-state index in [2.05, 4.69) is 10.3 Å². The molecule has 1 aromatic heterocycles. The van der Waals surface area contributed by atoms with Crippen molar-refractivity contribution in [1.82, 2.24) is 14.5 Å². The Balaban J connectivity index is 1.72. The molecule has 2 amide bonds. The smallest absolute Gasteiger partial charge is 0.410 e. The molecule has 0 radical (unpaired) electrons. The van der Waals surface area contributed by atoms with Gasteiger partial charge < -0.3 is 15.0 Å². The fourth-order valence-electron chi connectivity index (χ4n) is 3.91. The molecular formula is C25H25FN4O4. The van der Waals surface area contributed by atoms with E-state index >= 15 is 0 Å². The maximum atomic E-state index is 13.5. The van der Waals surface area contributed by atoms with Gasteiger partial charge in [-0.3, -0.25) is 14.2 Å². The summed E-state index contributed by atoms with van der Waals surface area (Å²) in [4.78, 5) is 44.7. The van der Waals surface area contributed by atoms with E-state index in [0.29, 0.717) is 35.5 Å². The molecule has 0 atom stereocenters. The fourth-order valence-corrected chi connectivity index (χ4v) is 3.91. The van der Waals surface area contributed by atoms with E-state index in [-0.39, 0.29) is 37.0 Å². The number of para-hydroxylation sites is 1. The number of benzene rings is 2. The van der Waals surface area contributed by atoms with Gasteiger partial charge in [-0.25, -0.2) is 14.2 Å². The molecule has 3 aromatic rings. The molecule has 8 nitrogen and oxygen atoms in total. The number of halogens is 1. The van der Waals surface area contributed by atoms with Crippen molar-refractivity contribution in [1.29, 1.82) is 0 Å². The molecule has 1 aliphatic rings. The van der Waals surface area contributed by atoms with Crippen molar-refractivity contribution in [3.05, 3.63) is 81.5 Å². The van der Waals surface area contributed by atoms with Crippen LogP contribution in [0.2, 0.25) is 0 Å². The number of carbonyl (C=O) groups is 2. The van der Waals surface area contributed by atoms with Crippen LogP contribution >= 0.6 is 0 Å². The Morgan fingerprint density at radius 1 is 1.15 bits per heavy atom. The minimum atomic E-state index is -0.472. The normalized spacial score (nSPS) is 12.7. The zero-order valence-corrected chi connectivity index (χ0v) is 19.0. The predicted octanol–water partition coefficient (Wildman–Crippen LogP) is 3.51. The minimum Gasteiger partial charge on any atom is -0.450 e. The molecule has 34 heavy (non-hydrogen) atoms. The molecule has 1 aliphatic heterocycles. The van der Waals surface area contributed by atoms with Gasteiger partial charge >= 0.3 is 6.09 Å². The summed E-state index contributed by atoms with van der Waals surface area (Å²) in [5.74, 6) is -0.582. The third-order valence-corrected chi connectivity index (χ3v) is 5.67. The number of nitrogens with one attached hydrogen (secondary N) is 1. The van der Waals surface area contributed by atoms with E-state index in [4.69, 9.17) is 4.74 Å². The number of carbonyl (C=O) groups excluding carboxylic acids is 2. The van der Waals surface area contributed by atoms with Crippen molar-refractivity contribution >= 4 is 17.7 Å². The van der Waals surface area contributed by atoms with Gasteiger partial charge in [0, 0.05) is 23.4 Å². The van der Waals surface area contributed by atoms with Gasteiger partial charge in [0.15, 0.2) is 0 Å². The van der Waals surface area contributed by atoms with Crippen LogP contribution in [0.25, 0.3) is 11.4 Å². The average molecular weight is 464 g/mol. The number of hydrogen-bond acceptors (Lipinski definition) is 5. The lowest BCUT2D eigenvalue weighted by molar-refractivity contribution is -0.116. The zero-order chi connectivity index (χ0) is 24.2. The van der Waals surface area contributed by atoms with Gasteiger partial charge in [0.25, 0.3) is 5.56 Å². The molecule has 0 bridgehead atoms. The lowest BCUT2D eigenvalue weighted by atomic mass is 10.1. The Bertz CT molecular complexity index is 1290. The minimum absolute atomic E-state index is 0.119. The molecule has 0 aliphatic carbocycles. The van der Waals surface area contributed by atoms with Gasteiger partial charge in [-0.2, -0.15) is 0 Å². The van der Waals surface area contributed by atoms with Crippen LogP contribution in [0.15, 0.2) is 53.3 Å². The highest BCUT2D eigenvalue weighted by Crippen LogP contribution is 2.22. The van der Waals surface area contributed by atoms with Gasteiger partial charge in [-0.15, -0.1) is 0 Å². The van der Waals surface area contributed by atoms with E-state index in [0.717, 1.165) is 5.56 Å². The number of anilines is 1. The number of fused-ring (bicyclic) bond motifs is 1. The van der Waals surface area contributed by atoms with Crippen molar-refractivity contribution in [3.8, 4) is 11.4 Å². The van der Waals surface area contributed by atoms with Crippen LogP contribution in [-0.2, 0) is 29.0 Å². The van der Waals surface area contributed by atoms with E-state index in [9.17, 15) is 18.8 Å². The van der Waals surface area contributed by atoms with Crippen molar-refractivity contribution in [2.75, 3.05) is 18.5 Å². The van der Waals surface area contributed by atoms with Crippen LogP contribution in [0.5, 0.6) is 0 Å². The van der Waals surface area contributed by atoms with Crippen LogP contribution in [0.4, 0.5) is 14.9 Å². The predicted molar refractivity (Wildman–Crippen MR) is 125 cm³/mol. The number of nitrogens with zero attached hydrogens (tertiary/aromatic N) is 3. The monoisotopic (exact) mass is 464 g/mol. The SMILES string of the molecule is CCOC(=O)N1CCc2c(nc(-c3ccc(F)cc3)n(CC(=O)Nc3ccccc3C)c2=O)C1. The first-order valence-electron chi connectivity index (χ1n) is 11.0. The van der Waals surface area contributed by atoms with Crippen LogP contribution < -0.4 is 10.9 Å². The van der Waals surface area contributed by atoms with Gasteiger partial charge in [0.2, 0.25) is 5.91 Å². The summed E-state index contributed by atoms with van der Waals surface area (Å²) in [6.07, 6.45) is -0.177. The van der Waals surface area contributed by atoms with E-state index < -0.39 is 11.9 Å². The van der Waals surface area contributed by atoms with E-state index in [1.54, 1.807) is 13.0 Å². The van der Waals surface area contributed by atoms with Crippen molar-refractivity contribution in [2.45, 2.75) is 33.4 Å². The van der Waals surface area contributed by atoms with Crippen LogP contribution in [0.3, 0.4) is 0 Å². The first-order valence-corrected chi connectivity index (χ1v) is 11.0. The highest BCUT2D eigenvalue weighted by Gasteiger charge is 2.27. The van der Waals surface area contributed by atoms with Gasteiger partial charge in [0.05, 0.1) is 18.8 Å². The van der Waals surface area contributed by atoms with Crippen molar-refractivity contribution < 1.29 is 18.7 Å². The fraction of sp³-hybridized carbons (Fsp3) is 0.280. The Hall–Kier alpha value is -4.01. The zero-order valence-electron chi connectivity index (χ0n) is 19.0. The van der Waals surface area contributed by atoms with Gasteiger partial charge in [0.1, 0.15) is 18.2 Å². The second-order valence-corrected chi connectivity index (χ2v) is 7.99. The molecule has 2 aromatic carbocycles. The quantitative estimate of drug-likeness (QED) is 0.624. The summed E-state index contributed by atoms with van der Waals surface area (Å²) >= 11 is 0. The van der Waals surface area contributed by atoms with E-state index in [1.165, 1.54) is 33.7 Å². The highest BCUT2D eigenvalue weighted by molar-refractivity contribution is 5.91. The number of hydrogen-bond donors (Lipinski definition) is 1. The topological polar surface area (TPSA) is 93.5 Å². The van der Waals surface area contributed by atoms with E-state index in [1.807, 2.05) is 25.1 Å². The lowest BCUT2D eigenvalue weighted by Gasteiger charge is -2.28. The first kappa shape index (κ1) is 23.2. The third-order valence-electron chi connectivity index (χ3n) is 5.67. The van der Waals surface area contributed by atoms with Crippen molar-refractivity contribution in [3.63, 3.8) is 0 Å². The maximum Gasteiger partial charge on any atom is 0.410 e. The number of rotatable bonds is 5. The van der Waals surface area contributed by atoms with Crippen molar-refractivity contribution in [2.24, 2.45) is 0 Å². The summed E-state index contributed by atoms with van der Waals surface area (Å²) in [6, 6.07) is 12.9. The molecule has 0 spiro atoms. The number of ether oxygens (including phenoxy) is 1. The number of aromatic nitrogens is 2. The second-order valence-electron chi connectivity index (χ2n) is 7.99. The molecular weight excluding hydrogens is 439 g/mol. The number of aryl methyl sites for hydroxylation is 1. The summed E-state index contributed by atoms with van der Waals surface area (Å²) in [5, 5.41) is 2.83. The highest BCUT2D eigenvalue weighted by atomic mass is 19.1. The molecule has 2 heterocycles. The van der Waals surface area contributed by atoms with Gasteiger partial charge in [-0.05, 0) is 56.2 Å². The third kappa shape index (κ3) is 4.83. The molecule has 0 unspecified atom stereocenters. The summed E-state index contributed by atoms with van der Waals surface area (Å²) in [5.41, 5.74) is 2.57. The molecule has 4 rings (SSSR count). The molecule has 176 valence electrons. The summed E-state index contributed by atoms with van der Waals surface area (Å²) in [6.45, 7) is 4.01. The average Bonchev–Trinajstić information content (AvgIpc) is 2.82.